The van der Waals surface area contributed by atoms with Gasteiger partial charge in [-0.05, 0) is 30.3 Å². The highest BCUT2D eigenvalue weighted by molar-refractivity contribution is 6.04. The number of aromatic amines is 1. The van der Waals surface area contributed by atoms with E-state index in [4.69, 9.17) is 14.2 Å². The Morgan fingerprint density at radius 3 is 2.43 bits per heavy atom. The van der Waals surface area contributed by atoms with E-state index in [0.29, 0.717) is 22.8 Å². The number of aromatic hydroxyl groups is 1. The Morgan fingerprint density at radius 2 is 1.77 bits per heavy atom. The minimum Gasteiger partial charge on any atom is -0.497 e. The van der Waals surface area contributed by atoms with E-state index in [1.54, 1.807) is 42.5 Å². The van der Waals surface area contributed by atoms with Gasteiger partial charge in [0.2, 0.25) is 11.8 Å². The molecule has 3 aromatic rings. The predicted molar refractivity (Wildman–Crippen MR) is 127 cm³/mol. The number of benzene rings is 2. The maximum Gasteiger partial charge on any atom is 0.335 e. The number of carbonyl (C=O) groups excluding carboxylic acids is 1. The number of nitrogens with zero attached hydrogens (tertiary/aromatic N) is 3. The van der Waals surface area contributed by atoms with Gasteiger partial charge in [-0.3, -0.25) is 14.6 Å². The summed E-state index contributed by atoms with van der Waals surface area (Å²) in [6, 6.07) is 11.0. The summed E-state index contributed by atoms with van der Waals surface area (Å²) in [7, 11) is 4.44. The summed E-state index contributed by atoms with van der Waals surface area (Å²) in [5, 5.41) is 16.7. The zero-order valence-electron chi connectivity index (χ0n) is 19.6. The fourth-order valence-corrected chi connectivity index (χ4v) is 4.12. The number of carbonyl (C=O) groups is 1. The number of hydrogen-bond acceptors (Lipinski definition) is 8. The van der Waals surface area contributed by atoms with E-state index in [1.165, 1.54) is 33.3 Å². The molecule has 0 aliphatic carbocycles. The summed E-state index contributed by atoms with van der Waals surface area (Å²) in [5.74, 6) is 0.340. The fourth-order valence-electron chi connectivity index (χ4n) is 4.12. The lowest BCUT2D eigenvalue weighted by Crippen LogP contribution is -2.33. The van der Waals surface area contributed by atoms with Crippen LogP contribution in [-0.4, -0.2) is 52.6 Å². The van der Waals surface area contributed by atoms with E-state index in [2.05, 4.69) is 10.1 Å². The Balaban J connectivity index is 1.88. The van der Waals surface area contributed by atoms with Gasteiger partial charge in [-0.15, -0.1) is 0 Å². The van der Waals surface area contributed by atoms with Gasteiger partial charge in [-0.2, -0.15) is 5.10 Å². The molecule has 11 nitrogen and oxygen atoms in total. The molecule has 2 N–H and O–H groups in total. The van der Waals surface area contributed by atoms with Crippen LogP contribution in [0.4, 0.5) is 0 Å². The van der Waals surface area contributed by atoms with Crippen LogP contribution in [0.3, 0.4) is 0 Å². The molecule has 0 saturated carbocycles. The third-order valence-electron chi connectivity index (χ3n) is 5.73. The van der Waals surface area contributed by atoms with Crippen molar-refractivity contribution in [2.75, 3.05) is 21.3 Å². The standard InChI is InChI=1S/C24H24N4O7/c1-13(29)28-18(15-11-14(33-2)9-10-19(15)34-3)12-16(26-28)21-22(30)25-24(32)27(23(21)31)17-7-5-6-8-20(17)35-4/h5-11,18,31H,12H2,1-4H3,(H,25,30,32)/t18-/m1/s1. The van der Waals surface area contributed by atoms with Crippen molar-refractivity contribution >= 4 is 11.6 Å². The Labute approximate surface area is 199 Å². The monoisotopic (exact) mass is 480 g/mol. The van der Waals surface area contributed by atoms with Gasteiger partial charge in [0.1, 0.15) is 22.8 Å². The predicted octanol–water partition coefficient (Wildman–Crippen LogP) is 1.95. The maximum absolute atomic E-state index is 12.8. The van der Waals surface area contributed by atoms with Gasteiger partial charge >= 0.3 is 5.69 Å². The molecule has 1 aliphatic rings. The SMILES string of the molecule is COc1ccc(OC)c([C@H]2CC(c3c(O)n(-c4ccccc4OC)c(=O)[nH]c3=O)=NN2C(C)=O)c1. The second-order valence-electron chi connectivity index (χ2n) is 7.70. The smallest absolute Gasteiger partial charge is 0.335 e. The van der Waals surface area contributed by atoms with E-state index >= 15 is 0 Å². The molecule has 2 heterocycles. The molecule has 2 aromatic carbocycles. The van der Waals surface area contributed by atoms with Crippen molar-refractivity contribution in [2.24, 2.45) is 5.10 Å². The van der Waals surface area contributed by atoms with E-state index in [-0.39, 0.29) is 29.3 Å². The summed E-state index contributed by atoms with van der Waals surface area (Å²) >= 11 is 0. The Kier molecular flexibility index (Phi) is 6.32. The first-order valence-electron chi connectivity index (χ1n) is 10.6. The van der Waals surface area contributed by atoms with Crippen LogP contribution in [0.1, 0.15) is 30.5 Å². The third kappa shape index (κ3) is 4.12. The summed E-state index contributed by atoms with van der Waals surface area (Å²) in [6.07, 6.45) is 0.0733. The molecule has 0 bridgehead atoms. The zero-order valence-corrected chi connectivity index (χ0v) is 19.6. The molecule has 4 rings (SSSR count). The number of aromatic nitrogens is 2. The summed E-state index contributed by atoms with van der Waals surface area (Å²) < 4.78 is 17.0. The molecule has 1 aromatic heterocycles. The summed E-state index contributed by atoms with van der Waals surface area (Å²) in [4.78, 5) is 40.2. The number of nitrogens with one attached hydrogen (secondary N) is 1. The quantitative estimate of drug-likeness (QED) is 0.550. The second-order valence-corrected chi connectivity index (χ2v) is 7.70. The van der Waals surface area contributed by atoms with Crippen molar-refractivity contribution in [3.8, 4) is 28.8 Å². The normalized spacial score (nSPS) is 15.0. The molecule has 0 radical (unpaired) electrons. The van der Waals surface area contributed by atoms with Crippen molar-refractivity contribution in [2.45, 2.75) is 19.4 Å². The topological polar surface area (TPSA) is 135 Å². The van der Waals surface area contributed by atoms with Crippen LogP contribution in [0.5, 0.6) is 23.1 Å². The van der Waals surface area contributed by atoms with Gasteiger partial charge in [0.15, 0.2) is 0 Å². The third-order valence-corrected chi connectivity index (χ3v) is 5.73. The van der Waals surface area contributed by atoms with E-state index in [0.717, 1.165) is 4.57 Å². The number of amides is 1. The number of hydrazone groups is 1. The number of para-hydroxylation sites is 2. The molecule has 11 heteroatoms. The van der Waals surface area contributed by atoms with Crippen LogP contribution in [0, 0.1) is 0 Å². The Morgan fingerprint density at radius 1 is 1.06 bits per heavy atom. The van der Waals surface area contributed by atoms with Gasteiger partial charge in [0, 0.05) is 18.9 Å². The summed E-state index contributed by atoms with van der Waals surface area (Å²) in [6.45, 7) is 1.34. The molecule has 0 saturated heterocycles. The minimum atomic E-state index is -0.853. The molecule has 1 amide bonds. The second kappa shape index (κ2) is 9.37. The van der Waals surface area contributed by atoms with E-state index in [9.17, 15) is 19.5 Å². The number of hydrogen-bond donors (Lipinski definition) is 2. The van der Waals surface area contributed by atoms with Crippen LogP contribution in [0.25, 0.3) is 5.69 Å². The molecule has 1 atom stereocenters. The average molecular weight is 480 g/mol. The van der Waals surface area contributed by atoms with Crippen molar-refractivity contribution in [3.05, 3.63) is 74.4 Å². The zero-order chi connectivity index (χ0) is 25.3. The van der Waals surface area contributed by atoms with Gasteiger partial charge in [-0.1, -0.05) is 12.1 Å². The molecule has 0 fully saturated rings. The van der Waals surface area contributed by atoms with Crippen molar-refractivity contribution in [1.82, 2.24) is 14.6 Å². The number of H-pyrrole nitrogens is 1. The highest BCUT2D eigenvalue weighted by atomic mass is 16.5. The molecule has 0 spiro atoms. The van der Waals surface area contributed by atoms with Crippen LogP contribution < -0.4 is 25.5 Å². The maximum atomic E-state index is 12.8. The molecule has 0 unspecified atom stereocenters. The molecule has 1 aliphatic heterocycles. The van der Waals surface area contributed by atoms with Gasteiger partial charge in [-0.25, -0.2) is 14.4 Å². The molecular weight excluding hydrogens is 456 g/mol. The lowest BCUT2D eigenvalue weighted by atomic mass is 9.98. The average Bonchev–Trinajstić information content (AvgIpc) is 3.28. The highest BCUT2D eigenvalue weighted by Gasteiger charge is 2.36. The lowest BCUT2D eigenvalue weighted by Gasteiger charge is -2.22. The highest BCUT2D eigenvalue weighted by Crippen LogP contribution is 2.40. The summed E-state index contributed by atoms with van der Waals surface area (Å²) in [5.41, 5.74) is -0.964. The van der Waals surface area contributed by atoms with Crippen molar-refractivity contribution in [1.29, 1.82) is 0 Å². The lowest BCUT2D eigenvalue weighted by molar-refractivity contribution is -0.130. The number of methoxy groups -OCH3 is 3. The van der Waals surface area contributed by atoms with Crippen LogP contribution >= 0.6 is 0 Å². The Hall–Kier alpha value is -4.54. The first kappa shape index (κ1) is 23.6. The van der Waals surface area contributed by atoms with Gasteiger partial charge in [0.05, 0.1) is 38.8 Å². The molecule has 35 heavy (non-hydrogen) atoms. The first-order chi connectivity index (χ1) is 16.8. The number of ether oxygens (including phenoxy) is 3. The van der Waals surface area contributed by atoms with Crippen LogP contribution in [0.15, 0.2) is 57.2 Å². The number of rotatable bonds is 6. The van der Waals surface area contributed by atoms with Crippen LogP contribution in [0.2, 0.25) is 0 Å². The van der Waals surface area contributed by atoms with Gasteiger partial charge in [0.25, 0.3) is 5.56 Å². The molecular formula is C24H24N4O7. The Bertz CT molecular complexity index is 1440. The molecule has 182 valence electrons. The largest absolute Gasteiger partial charge is 0.497 e. The van der Waals surface area contributed by atoms with Crippen molar-refractivity contribution < 1.29 is 24.1 Å². The fraction of sp³-hybridized carbons (Fsp3) is 0.250. The van der Waals surface area contributed by atoms with E-state index in [1.807, 2.05) is 0 Å². The van der Waals surface area contributed by atoms with Crippen molar-refractivity contribution in [3.63, 3.8) is 0 Å². The first-order valence-corrected chi connectivity index (χ1v) is 10.6. The minimum absolute atomic E-state index is 0.0733. The van der Waals surface area contributed by atoms with E-state index < -0.39 is 23.2 Å². The van der Waals surface area contributed by atoms with Crippen LogP contribution in [-0.2, 0) is 4.79 Å². The van der Waals surface area contributed by atoms with Gasteiger partial charge < -0.3 is 19.3 Å².